The number of ether oxygens (including phenoxy) is 2. The number of aromatic nitrogens is 4. The molecule has 0 N–H and O–H groups in total. The van der Waals surface area contributed by atoms with E-state index in [4.69, 9.17) is 9.47 Å². The highest BCUT2D eigenvalue weighted by Gasteiger charge is 2.16. The van der Waals surface area contributed by atoms with Gasteiger partial charge in [-0.25, -0.2) is 18.3 Å². The van der Waals surface area contributed by atoms with Crippen molar-refractivity contribution in [1.29, 1.82) is 0 Å². The van der Waals surface area contributed by atoms with Crippen LogP contribution in [0, 0.1) is 0 Å². The lowest BCUT2D eigenvalue weighted by Crippen LogP contribution is -2.36. The van der Waals surface area contributed by atoms with Crippen molar-refractivity contribution >= 4 is 0 Å². The Morgan fingerprint density at radius 3 is 1.38 bits per heavy atom. The highest BCUT2D eigenvalue weighted by molar-refractivity contribution is 5.66. The first-order valence-electron chi connectivity index (χ1n) is 19.9. The molecule has 0 saturated carbocycles. The van der Waals surface area contributed by atoms with Gasteiger partial charge in [0.15, 0.2) is 75.8 Å². The maximum atomic E-state index is 6.32. The molecule has 0 saturated heterocycles. The predicted octanol–water partition coefficient (Wildman–Crippen LogP) is 8.27. The van der Waals surface area contributed by atoms with Crippen molar-refractivity contribution in [2.45, 2.75) is 65.7 Å². The fraction of sp³-hybridized carbons (Fsp3) is 0.240. The molecular weight excluding hydrogens is 689 g/mol. The summed E-state index contributed by atoms with van der Waals surface area (Å²) in [6.45, 7) is 13.1. The van der Waals surface area contributed by atoms with Crippen LogP contribution in [0.25, 0.3) is 33.4 Å². The lowest BCUT2D eigenvalue weighted by atomic mass is 9.86. The highest BCUT2D eigenvalue weighted by Crippen LogP contribution is 2.29. The van der Waals surface area contributed by atoms with E-state index in [0.29, 0.717) is 13.2 Å². The minimum Gasteiger partial charge on any atom is -0.487 e. The molecule has 3 aromatic carbocycles. The van der Waals surface area contributed by atoms with Gasteiger partial charge in [-0.3, -0.25) is 0 Å². The molecule has 12 bridgehead atoms. The van der Waals surface area contributed by atoms with Gasteiger partial charge in [0.1, 0.15) is 24.7 Å². The van der Waals surface area contributed by atoms with Crippen molar-refractivity contribution in [1.82, 2.24) is 0 Å². The summed E-state index contributed by atoms with van der Waals surface area (Å²) in [5.74, 6) is 1.71. The van der Waals surface area contributed by atoms with Gasteiger partial charge in [0.2, 0.25) is 0 Å². The molecule has 12 heterocycles. The van der Waals surface area contributed by atoms with Crippen LogP contribution < -0.4 is 27.7 Å². The van der Waals surface area contributed by atoms with Crippen LogP contribution in [-0.2, 0) is 38.0 Å². The Labute approximate surface area is 331 Å². The molecule has 0 fully saturated rings. The number of nitrogens with zero attached hydrogens (tertiary/aromatic N) is 4. The quantitative estimate of drug-likeness (QED) is 0.167. The Bertz CT molecular complexity index is 2400. The first-order chi connectivity index (χ1) is 27.3. The molecule has 0 radical (unpaired) electrons. The van der Waals surface area contributed by atoms with E-state index in [1.54, 1.807) is 0 Å². The zero-order chi connectivity index (χ0) is 38.5. The van der Waals surface area contributed by atoms with Gasteiger partial charge in [0.25, 0.3) is 0 Å². The van der Waals surface area contributed by atoms with Crippen LogP contribution in [0.2, 0.25) is 0 Å². The van der Waals surface area contributed by atoms with Crippen molar-refractivity contribution in [2.24, 2.45) is 0 Å². The highest BCUT2D eigenvalue weighted by atomic mass is 16.5. The summed E-state index contributed by atoms with van der Waals surface area (Å²) in [7, 11) is 0. The molecule has 8 aliphatic rings. The zero-order valence-electron chi connectivity index (χ0n) is 33.1. The number of rotatable bonds is 2. The molecule has 0 spiro atoms. The molecule has 280 valence electrons. The number of hydrogen-bond acceptors (Lipinski definition) is 2. The van der Waals surface area contributed by atoms with Crippen molar-refractivity contribution in [3.63, 3.8) is 0 Å². The Morgan fingerprint density at radius 1 is 0.464 bits per heavy atom. The topological polar surface area (TPSA) is 34.0 Å². The van der Waals surface area contributed by atoms with Crippen LogP contribution >= 0.6 is 0 Å². The Balaban J connectivity index is 1.10. The van der Waals surface area contributed by atoms with Crippen molar-refractivity contribution in [3.05, 3.63) is 181 Å². The maximum absolute atomic E-state index is 6.32. The number of hydrogen-bond donors (Lipinski definition) is 0. The Hall–Kier alpha value is -6.14. The Kier molecular flexibility index (Phi) is 10.7. The molecule has 56 heavy (non-hydrogen) atoms. The molecule has 0 amide bonds. The average molecular weight is 741 g/mol. The zero-order valence-corrected chi connectivity index (χ0v) is 33.1. The van der Waals surface area contributed by atoms with E-state index in [1.165, 1.54) is 55.6 Å². The van der Waals surface area contributed by atoms with Crippen molar-refractivity contribution in [3.8, 4) is 44.9 Å². The van der Waals surface area contributed by atoms with Crippen molar-refractivity contribution < 1.29 is 27.7 Å². The fourth-order valence-corrected chi connectivity index (χ4v) is 7.39. The van der Waals surface area contributed by atoms with E-state index < -0.39 is 0 Å². The average Bonchev–Trinajstić information content (AvgIpc) is 3.21. The first kappa shape index (κ1) is 36.8. The molecule has 7 aromatic rings. The van der Waals surface area contributed by atoms with E-state index in [1.807, 2.05) is 12.1 Å². The van der Waals surface area contributed by atoms with Crippen LogP contribution in [0.5, 0.6) is 11.5 Å². The monoisotopic (exact) mass is 740 g/mol. The summed E-state index contributed by atoms with van der Waals surface area (Å²) in [4.78, 5) is 0. The summed E-state index contributed by atoms with van der Waals surface area (Å²) >= 11 is 0. The van der Waals surface area contributed by atoms with Gasteiger partial charge < -0.3 is 9.47 Å². The largest absolute Gasteiger partial charge is 0.487 e. The second-order valence-electron chi connectivity index (χ2n) is 15.9. The van der Waals surface area contributed by atoms with Gasteiger partial charge in [-0.1, -0.05) is 58.0 Å². The number of pyridine rings is 4. The summed E-state index contributed by atoms with van der Waals surface area (Å²) < 4.78 is 21.4. The van der Waals surface area contributed by atoms with Gasteiger partial charge >= 0.3 is 0 Å². The molecule has 0 aliphatic carbocycles. The van der Waals surface area contributed by atoms with E-state index in [2.05, 4.69) is 193 Å². The van der Waals surface area contributed by atoms with Crippen LogP contribution in [0.3, 0.4) is 0 Å². The molecular formula is C50H52N4O2+4. The second kappa shape index (κ2) is 16.3. The van der Waals surface area contributed by atoms with Gasteiger partial charge in [0.05, 0.1) is 0 Å². The van der Waals surface area contributed by atoms with Crippen LogP contribution in [-0.4, -0.2) is 13.2 Å². The predicted molar refractivity (Wildman–Crippen MR) is 220 cm³/mol. The van der Waals surface area contributed by atoms with Gasteiger partial charge in [-0.15, -0.1) is 0 Å². The maximum Gasteiger partial charge on any atom is 0.182 e. The minimum absolute atomic E-state index is 0.112. The molecule has 4 aromatic heterocycles. The SMILES string of the molecule is CCc1ccc2cc1OCC[n+]1ccc(cc1)-c1cc[n+](cc1)Cc1cc(cc(-c3ccc(C(C)(C)C)cc3)c1)C[n+]1ccc(cc1)-c1cc[n+](cc1)CCO2. The summed E-state index contributed by atoms with van der Waals surface area (Å²) in [6.07, 6.45) is 18.2. The molecule has 0 unspecified atom stereocenters. The third kappa shape index (κ3) is 8.87. The van der Waals surface area contributed by atoms with Crippen LogP contribution in [0.1, 0.15) is 49.9 Å². The third-order valence-electron chi connectivity index (χ3n) is 10.7. The molecule has 6 nitrogen and oxygen atoms in total. The Morgan fingerprint density at radius 2 is 0.911 bits per heavy atom. The molecule has 8 aliphatic heterocycles. The lowest BCUT2D eigenvalue weighted by Gasteiger charge is -2.19. The van der Waals surface area contributed by atoms with E-state index in [0.717, 1.165) is 44.1 Å². The van der Waals surface area contributed by atoms with E-state index in [9.17, 15) is 0 Å². The summed E-state index contributed by atoms with van der Waals surface area (Å²) in [5, 5.41) is 0. The molecule has 6 heteroatoms. The standard InChI is InChI=1S/C50H52N4O2/c1-5-40-8-11-48-35-49(40)56-31-29-52-22-14-43(15-23-52)45-18-26-54(27-19-45)37-39-32-38(33-46(34-39)41-6-9-47(10-7-41)50(2,3)4)36-53-24-16-44(17-25-53)42-12-20-51(21-13-42)28-30-55-48/h6-27,32-35H,5,28-31,36-37H2,1-4H3/q+4. The van der Waals surface area contributed by atoms with Gasteiger partial charge in [-0.05, 0) is 80.6 Å². The van der Waals surface area contributed by atoms with E-state index >= 15 is 0 Å². The number of benzene rings is 3. The van der Waals surface area contributed by atoms with Crippen molar-refractivity contribution in [2.75, 3.05) is 13.2 Å². The summed E-state index contributed by atoms with van der Waals surface area (Å²) in [5.41, 5.74) is 12.4. The summed E-state index contributed by atoms with van der Waals surface area (Å²) in [6, 6.07) is 39.9. The first-order valence-corrected chi connectivity index (χ1v) is 19.9. The fourth-order valence-electron chi connectivity index (χ4n) is 7.39. The van der Waals surface area contributed by atoms with Gasteiger partial charge in [0, 0.05) is 65.7 Å². The van der Waals surface area contributed by atoms with E-state index in [-0.39, 0.29) is 5.41 Å². The van der Waals surface area contributed by atoms with Crippen LogP contribution in [0.4, 0.5) is 0 Å². The third-order valence-corrected chi connectivity index (χ3v) is 10.7. The molecule has 0 atom stereocenters. The normalized spacial score (nSPS) is 13.3. The van der Waals surface area contributed by atoms with Gasteiger partial charge in [-0.2, -0.15) is 0 Å². The minimum atomic E-state index is 0.112. The number of aryl methyl sites for hydroxylation is 1. The smallest absolute Gasteiger partial charge is 0.182 e. The second-order valence-corrected chi connectivity index (χ2v) is 15.9. The molecule has 15 rings (SSSR count). The van der Waals surface area contributed by atoms with Crippen LogP contribution in [0.15, 0.2) is 159 Å². The lowest BCUT2D eigenvalue weighted by molar-refractivity contribution is -0.697.